The van der Waals surface area contributed by atoms with Crippen LogP contribution in [0.4, 0.5) is 32.6 Å². The molecule has 0 saturated carbocycles. The van der Waals surface area contributed by atoms with Crippen LogP contribution in [0.15, 0.2) is 30.6 Å². The highest BCUT2D eigenvalue weighted by molar-refractivity contribution is 5.69. The molecule has 1 fully saturated rings. The molecule has 1 aliphatic heterocycles. The largest absolute Gasteiger partial charge is 0.451 e. The van der Waals surface area contributed by atoms with E-state index in [4.69, 9.17) is 4.74 Å². The molecule has 10 nitrogen and oxygen atoms in total. The Bertz CT molecular complexity index is 1560. The number of H-pyrrole nitrogens is 1. The average molecular weight is 565 g/mol. The SMILES string of the molecule is CC(C)(C)OC(=O)N1CCCC(Nc2nc(-c3cnc4cc(-c5n[nH]c(C(F)(F)F)n5)ccn34)c(F)cc2F)C1. The number of aromatic nitrogens is 6. The number of hydrogen-bond donors (Lipinski definition) is 2. The number of carbonyl (C=O) groups is 1. The molecule has 0 aliphatic carbocycles. The first-order valence-electron chi connectivity index (χ1n) is 12.4. The Balaban J connectivity index is 1.39. The van der Waals surface area contributed by atoms with Gasteiger partial charge in [0, 0.05) is 37.0 Å². The maximum atomic E-state index is 14.9. The van der Waals surface area contributed by atoms with E-state index in [2.05, 4.69) is 25.4 Å². The normalized spacial score (nSPS) is 16.4. The van der Waals surface area contributed by atoms with Crippen LogP contribution in [-0.2, 0) is 10.9 Å². The van der Waals surface area contributed by atoms with Crippen LogP contribution in [0.5, 0.6) is 0 Å². The van der Waals surface area contributed by atoms with E-state index < -0.39 is 35.3 Å². The molecule has 5 rings (SSSR count). The highest BCUT2D eigenvalue weighted by Gasteiger charge is 2.35. The molecule has 0 radical (unpaired) electrons. The van der Waals surface area contributed by atoms with Crippen LogP contribution in [0, 0.1) is 11.6 Å². The Hall–Kier alpha value is -4.30. The zero-order chi connectivity index (χ0) is 28.8. The summed E-state index contributed by atoms with van der Waals surface area (Å²) >= 11 is 0. The van der Waals surface area contributed by atoms with E-state index in [0.717, 1.165) is 0 Å². The summed E-state index contributed by atoms with van der Waals surface area (Å²) in [5.74, 6) is -3.46. The molecule has 15 heteroatoms. The number of nitrogens with one attached hydrogen (secondary N) is 2. The lowest BCUT2D eigenvalue weighted by Crippen LogP contribution is -2.47. The van der Waals surface area contributed by atoms with Gasteiger partial charge in [-0.15, -0.1) is 0 Å². The van der Waals surface area contributed by atoms with E-state index in [0.29, 0.717) is 25.5 Å². The second-order valence-electron chi connectivity index (χ2n) is 10.4. The Morgan fingerprint density at radius 1 is 1.15 bits per heavy atom. The standard InChI is InChI=1S/C25H25F5N8O2/c1-24(2,3)40-23(39)37-7-4-5-14(12-37)32-21-16(27)10-15(26)19(33-21)17-11-31-18-9-13(6-8-38(17)18)20-34-22(36-35-20)25(28,29)30/h6,8-11,14H,4-5,7,12H2,1-3H3,(H,32,33)(H,34,35,36). The van der Waals surface area contributed by atoms with Gasteiger partial charge in [0.05, 0.1) is 11.9 Å². The van der Waals surface area contributed by atoms with Crippen molar-refractivity contribution in [3.05, 3.63) is 48.1 Å². The van der Waals surface area contributed by atoms with Gasteiger partial charge in [0.1, 0.15) is 16.9 Å². The summed E-state index contributed by atoms with van der Waals surface area (Å²) < 4.78 is 75.2. The number of ether oxygens (including phenoxy) is 1. The molecule has 4 aromatic heterocycles. The molecule has 1 unspecified atom stereocenters. The average Bonchev–Trinajstić information content (AvgIpc) is 3.52. The Labute approximate surface area is 224 Å². The van der Waals surface area contributed by atoms with E-state index in [1.54, 1.807) is 20.8 Å². The van der Waals surface area contributed by atoms with Crippen molar-refractivity contribution in [2.75, 3.05) is 18.4 Å². The molecule has 1 saturated heterocycles. The van der Waals surface area contributed by atoms with Crippen molar-refractivity contribution in [1.29, 1.82) is 0 Å². The van der Waals surface area contributed by atoms with Crippen LogP contribution in [-0.4, -0.2) is 65.3 Å². The molecular formula is C25H25F5N8O2. The van der Waals surface area contributed by atoms with Crippen molar-refractivity contribution in [1.82, 2.24) is 34.4 Å². The zero-order valence-corrected chi connectivity index (χ0v) is 21.7. The van der Waals surface area contributed by atoms with Gasteiger partial charge in [0.25, 0.3) is 0 Å². The maximum absolute atomic E-state index is 14.9. The van der Waals surface area contributed by atoms with Crippen molar-refractivity contribution >= 4 is 17.6 Å². The number of anilines is 1. The molecule has 1 amide bonds. The molecule has 1 atom stereocenters. The van der Waals surface area contributed by atoms with Crippen molar-refractivity contribution < 1.29 is 31.5 Å². The summed E-state index contributed by atoms with van der Waals surface area (Å²) in [6.45, 7) is 6.04. The summed E-state index contributed by atoms with van der Waals surface area (Å²) in [5.41, 5.74) is -0.163. The minimum atomic E-state index is -4.68. The number of halogens is 5. The summed E-state index contributed by atoms with van der Waals surface area (Å²) in [6.07, 6.45) is -1.11. The molecule has 0 spiro atoms. The van der Waals surface area contributed by atoms with Gasteiger partial charge in [0.2, 0.25) is 5.82 Å². The number of aromatic amines is 1. The van der Waals surface area contributed by atoms with Crippen molar-refractivity contribution in [3.63, 3.8) is 0 Å². The predicted molar refractivity (Wildman–Crippen MR) is 133 cm³/mol. The van der Waals surface area contributed by atoms with Gasteiger partial charge in [-0.05, 0) is 45.7 Å². The topological polar surface area (TPSA) is 113 Å². The first-order chi connectivity index (χ1) is 18.8. The Morgan fingerprint density at radius 3 is 2.62 bits per heavy atom. The minimum Gasteiger partial charge on any atom is -0.444 e. The fourth-order valence-corrected chi connectivity index (χ4v) is 4.34. The number of alkyl halides is 3. The highest BCUT2D eigenvalue weighted by Crippen LogP contribution is 2.30. The van der Waals surface area contributed by atoms with Crippen molar-refractivity contribution in [2.24, 2.45) is 0 Å². The second-order valence-corrected chi connectivity index (χ2v) is 10.4. The third-order valence-corrected chi connectivity index (χ3v) is 6.11. The number of amides is 1. The van der Waals surface area contributed by atoms with Gasteiger partial charge in [-0.25, -0.2) is 28.5 Å². The number of rotatable bonds is 4. The van der Waals surface area contributed by atoms with Gasteiger partial charge in [-0.2, -0.15) is 18.3 Å². The van der Waals surface area contributed by atoms with Crippen LogP contribution in [0.25, 0.3) is 28.4 Å². The summed E-state index contributed by atoms with van der Waals surface area (Å²) in [5, 5.41) is 8.43. The molecule has 0 bridgehead atoms. The van der Waals surface area contributed by atoms with Crippen molar-refractivity contribution in [3.8, 4) is 22.8 Å². The number of nitrogens with zero attached hydrogens (tertiary/aromatic N) is 6. The minimum absolute atomic E-state index is 0.187. The lowest BCUT2D eigenvalue weighted by Gasteiger charge is -2.34. The van der Waals surface area contributed by atoms with Crippen LogP contribution < -0.4 is 5.32 Å². The molecule has 5 heterocycles. The smallest absolute Gasteiger partial charge is 0.444 e. The third-order valence-electron chi connectivity index (χ3n) is 6.11. The van der Waals surface area contributed by atoms with E-state index in [1.165, 1.54) is 33.8 Å². The first kappa shape index (κ1) is 27.3. The lowest BCUT2D eigenvalue weighted by atomic mass is 10.1. The molecule has 4 aromatic rings. The number of piperidine rings is 1. The van der Waals surface area contributed by atoms with Crippen LogP contribution >= 0.6 is 0 Å². The highest BCUT2D eigenvalue weighted by atomic mass is 19.4. The third kappa shape index (κ3) is 5.67. The summed E-state index contributed by atoms with van der Waals surface area (Å²) in [7, 11) is 0. The zero-order valence-electron chi connectivity index (χ0n) is 21.7. The fraction of sp³-hybridized carbons (Fsp3) is 0.400. The van der Waals surface area contributed by atoms with Crippen LogP contribution in [0.3, 0.4) is 0 Å². The number of hydrogen-bond acceptors (Lipinski definition) is 7. The second kappa shape index (κ2) is 10.0. The number of pyridine rings is 2. The van der Waals surface area contributed by atoms with Crippen molar-refractivity contribution in [2.45, 2.75) is 51.4 Å². The quantitative estimate of drug-likeness (QED) is 0.324. The van der Waals surface area contributed by atoms with E-state index in [9.17, 15) is 26.7 Å². The van der Waals surface area contributed by atoms with E-state index >= 15 is 0 Å². The van der Waals surface area contributed by atoms with Gasteiger partial charge in [0.15, 0.2) is 23.3 Å². The van der Waals surface area contributed by atoms with Gasteiger partial charge < -0.3 is 15.0 Å². The molecular weight excluding hydrogens is 539 g/mol. The van der Waals surface area contributed by atoms with E-state index in [-0.39, 0.29) is 46.8 Å². The van der Waals surface area contributed by atoms with E-state index in [1.807, 2.05) is 5.10 Å². The number of fused-ring (bicyclic) bond motifs is 1. The fourth-order valence-electron chi connectivity index (χ4n) is 4.34. The molecule has 212 valence electrons. The maximum Gasteiger partial charge on any atom is 0.451 e. The van der Waals surface area contributed by atoms with Gasteiger partial charge >= 0.3 is 12.3 Å². The van der Waals surface area contributed by atoms with Crippen LogP contribution in [0.2, 0.25) is 0 Å². The van der Waals surface area contributed by atoms with Gasteiger partial charge in [-0.3, -0.25) is 9.50 Å². The molecule has 2 N–H and O–H groups in total. The van der Waals surface area contributed by atoms with Crippen LogP contribution in [0.1, 0.15) is 39.4 Å². The van der Waals surface area contributed by atoms with Gasteiger partial charge in [-0.1, -0.05) is 0 Å². The molecule has 1 aliphatic rings. The number of carbonyl (C=O) groups excluding carboxylic acids is 1. The molecule has 40 heavy (non-hydrogen) atoms. The first-order valence-corrected chi connectivity index (χ1v) is 12.4. The predicted octanol–water partition coefficient (Wildman–Crippen LogP) is 5.29. The molecule has 0 aromatic carbocycles. The summed E-state index contributed by atoms with van der Waals surface area (Å²) in [4.78, 5) is 25.9. The Morgan fingerprint density at radius 2 is 1.93 bits per heavy atom. The number of likely N-dealkylation sites (tertiary alicyclic amines) is 1. The summed E-state index contributed by atoms with van der Waals surface area (Å²) in [6, 6.07) is 3.23. The monoisotopic (exact) mass is 564 g/mol. The number of imidazole rings is 1. The lowest BCUT2D eigenvalue weighted by molar-refractivity contribution is -0.144. The Kier molecular flexibility index (Phi) is 6.84.